The van der Waals surface area contributed by atoms with Crippen molar-refractivity contribution in [3.05, 3.63) is 35.6 Å². The van der Waals surface area contributed by atoms with Crippen molar-refractivity contribution in [3.63, 3.8) is 0 Å². The molecule has 5 heteroatoms. The highest BCUT2D eigenvalue weighted by molar-refractivity contribution is 5.96. The van der Waals surface area contributed by atoms with Gasteiger partial charge >= 0.3 is 0 Å². The summed E-state index contributed by atoms with van der Waals surface area (Å²) in [6.45, 7) is 3.38. The first-order valence-electron chi connectivity index (χ1n) is 6.56. The number of carbonyl (C=O) groups excluding carboxylic acids is 2. The van der Waals surface area contributed by atoms with Crippen molar-refractivity contribution < 1.29 is 19.1 Å². The molecular formula is C15H20FNO3. The summed E-state index contributed by atoms with van der Waals surface area (Å²) >= 11 is 0. The van der Waals surface area contributed by atoms with E-state index in [0.29, 0.717) is 12.0 Å². The number of hydrogen-bond donors (Lipinski definition) is 2. The summed E-state index contributed by atoms with van der Waals surface area (Å²) in [6.07, 6.45) is 0.887. The summed E-state index contributed by atoms with van der Waals surface area (Å²) in [6, 6.07) is 5.35. The molecule has 0 aromatic heterocycles. The van der Waals surface area contributed by atoms with E-state index in [2.05, 4.69) is 5.32 Å². The van der Waals surface area contributed by atoms with Crippen molar-refractivity contribution in [3.8, 4) is 0 Å². The van der Waals surface area contributed by atoms with Gasteiger partial charge in [0, 0.05) is 24.9 Å². The number of Topliss-reactive ketones (excluding diaryl/α,β-unsaturated/α-hetero) is 1. The fourth-order valence-electron chi connectivity index (χ4n) is 1.59. The lowest BCUT2D eigenvalue weighted by Crippen LogP contribution is -2.38. The average Bonchev–Trinajstić information content (AvgIpc) is 2.36. The first kappa shape index (κ1) is 16.3. The summed E-state index contributed by atoms with van der Waals surface area (Å²) < 4.78 is 12.7. The number of hydrogen-bond acceptors (Lipinski definition) is 3. The highest BCUT2D eigenvalue weighted by atomic mass is 19.1. The van der Waals surface area contributed by atoms with Crippen LogP contribution in [-0.4, -0.2) is 28.9 Å². The molecule has 1 aromatic carbocycles. The van der Waals surface area contributed by atoms with E-state index in [1.807, 2.05) is 0 Å². The van der Waals surface area contributed by atoms with E-state index in [4.69, 9.17) is 0 Å². The molecule has 0 aliphatic rings. The van der Waals surface area contributed by atoms with E-state index in [9.17, 15) is 19.1 Å². The first-order chi connectivity index (χ1) is 9.28. The summed E-state index contributed by atoms with van der Waals surface area (Å²) in [5, 5.41) is 12.0. The third kappa shape index (κ3) is 6.43. The average molecular weight is 281 g/mol. The van der Waals surface area contributed by atoms with Crippen LogP contribution in [0.1, 0.15) is 43.5 Å². The van der Waals surface area contributed by atoms with E-state index in [1.54, 1.807) is 13.8 Å². The van der Waals surface area contributed by atoms with E-state index in [0.717, 1.165) is 0 Å². The Hall–Kier alpha value is -1.75. The van der Waals surface area contributed by atoms with Crippen LogP contribution < -0.4 is 5.32 Å². The second-order valence-corrected chi connectivity index (χ2v) is 5.37. The summed E-state index contributed by atoms with van der Waals surface area (Å²) in [5.74, 6) is -0.688. The van der Waals surface area contributed by atoms with Crippen molar-refractivity contribution >= 4 is 11.7 Å². The predicted molar refractivity (Wildman–Crippen MR) is 73.9 cm³/mol. The van der Waals surface area contributed by atoms with Crippen molar-refractivity contribution in [1.29, 1.82) is 0 Å². The Morgan fingerprint density at radius 3 is 2.35 bits per heavy atom. The molecule has 0 saturated heterocycles. The molecule has 2 N–H and O–H groups in total. The second-order valence-electron chi connectivity index (χ2n) is 5.37. The number of amides is 1. The maximum atomic E-state index is 12.7. The molecule has 20 heavy (non-hydrogen) atoms. The van der Waals surface area contributed by atoms with Crippen LogP contribution in [0.25, 0.3) is 0 Å². The molecule has 1 rings (SSSR count). The van der Waals surface area contributed by atoms with Crippen LogP contribution in [0.5, 0.6) is 0 Å². The largest absolute Gasteiger partial charge is 0.389 e. The topological polar surface area (TPSA) is 66.4 Å². The van der Waals surface area contributed by atoms with Crippen molar-refractivity contribution in [2.45, 2.75) is 38.7 Å². The second kappa shape index (κ2) is 7.14. The minimum absolute atomic E-state index is 0.111. The SMILES string of the molecule is CC(C)(O)CNC(=O)CCCC(=O)c1ccc(F)cc1. The van der Waals surface area contributed by atoms with Gasteiger partial charge in [-0.1, -0.05) is 0 Å². The van der Waals surface area contributed by atoms with E-state index >= 15 is 0 Å². The number of aliphatic hydroxyl groups is 1. The molecule has 0 atom stereocenters. The van der Waals surface area contributed by atoms with E-state index in [1.165, 1.54) is 24.3 Å². The lowest BCUT2D eigenvalue weighted by atomic mass is 10.1. The molecule has 0 saturated carbocycles. The molecule has 0 aliphatic carbocycles. The van der Waals surface area contributed by atoms with Crippen molar-refractivity contribution in [1.82, 2.24) is 5.32 Å². The van der Waals surface area contributed by atoms with Gasteiger partial charge in [0.15, 0.2) is 5.78 Å². The Morgan fingerprint density at radius 2 is 1.80 bits per heavy atom. The van der Waals surface area contributed by atoms with Gasteiger partial charge in [-0.15, -0.1) is 0 Å². The van der Waals surface area contributed by atoms with Crippen LogP contribution in [0.4, 0.5) is 4.39 Å². The number of carbonyl (C=O) groups is 2. The predicted octanol–water partition coefficient (Wildman–Crippen LogP) is 2.07. The summed E-state index contributed by atoms with van der Waals surface area (Å²) in [7, 11) is 0. The molecule has 0 spiro atoms. The molecule has 0 heterocycles. The highest BCUT2D eigenvalue weighted by Crippen LogP contribution is 2.08. The Bertz CT molecular complexity index is 463. The normalized spacial score (nSPS) is 11.2. The molecule has 0 radical (unpaired) electrons. The highest BCUT2D eigenvalue weighted by Gasteiger charge is 2.14. The standard InChI is InChI=1S/C15H20FNO3/c1-15(2,20)10-17-14(19)5-3-4-13(18)11-6-8-12(16)9-7-11/h6-9,20H,3-5,10H2,1-2H3,(H,17,19). The Kier molecular flexibility index (Phi) is 5.82. The Balaban J connectivity index is 2.28. The van der Waals surface area contributed by atoms with Gasteiger partial charge in [-0.25, -0.2) is 4.39 Å². The molecule has 0 bridgehead atoms. The maximum Gasteiger partial charge on any atom is 0.220 e. The quantitative estimate of drug-likeness (QED) is 0.752. The fraction of sp³-hybridized carbons (Fsp3) is 0.467. The molecule has 1 aromatic rings. The van der Waals surface area contributed by atoms with Crippen molar-refractivity contribution in [2.75, 3.05) is 6.54 Å². The minimum atomic E-state index is -0.945. The number of halogens is 1. The van der Waals surface area contributed by atoms with Gasteiger partial charge in [0.05, 0.1) is 5.60 Å². The lowest BCUT2D eigenvalue weighted by molar-refractivity contribution is -0.122. The fourth-order valence-corrected chi connectivity index (χ4v) is 1.59. The van der Waals surface area contributed by atoms with E-state index in [-0.39, 0.29) is 36.9 Å². The smallest absolute Gasteiger partial charge is 0.220 e. The van der Waals surface area contributed by atoms with Gasteiger partial charge in [-0.05, 0) is 44.5 Å². The Labute approximate surface area is 118 Å². The van der Waals surface area contributed by atoms with Crippen LogP contribution in [0.2, 0.25) is 0 Å². The third-order valence-electron chi connectivity index (χ3n) is 2.69. The van der Waals surface area contributed by atoms with Crippen LogP contribution in [0, 0.1) is 5.82 Å². The van der Waals surface area contributed by atoms with E-state index < -0.39 is 5.60 Å². The van der Waals surface area contributed by atoms with Gasteiger partial charge in [0.1, 0.15) is 5.82 Å². The van der Waals surface area contributed by atoms with Crippen molar-refractivity contribution in [2.24, 2.45) is 0 Å². The molecule has 0 unspecified atom stereocenters. The van der Waals surface area contributed by atoms with Crippen LogP contribution >= 0.6 is 0 Å². The zero-order chi connectivity index (χ0) is 15.2. The molecule has 1 amide bonds. The zero-order valence-electron chi connectivity index (χ0n) is 11.8. The lowest BCUT2D eigenvalue weighted by Gasteiger charge is -2.17. The van der Waals surface area contributed by atoms with Gasteiger partial charge in [0.2, 0.25) is 5.91 Å². The molecule has 4 nitrogen and oxygen atoms in total. The number of benzene rings is 1. The third-order valence-corrected chi connectivity index (χ3v) is 2.69. The van der Waals surface area contributed by atoms with Gasteiger partial charge in [-0.2, -0.15) is 0 Å². The Morgan fingerprint density at radius 1 is 1.20 bits per heavy atom. The molecule has 0 aliphatic heterocycles. The monoisotopic (exact) mass is 281 g/mol. The molecule has 0 fully saturated rings. The van der Waals surface area contributed by atoms with Gasteiger partial charge < -0.3 is 10.4 Å². The number of rotatable bonds is 7. The van der Waals surface area contributed by atoms with Gasteiger partial charge in [0.25, 0.3) is 0 Å². The zero-order valence-corrected chi connectivity index (χ0v) is 11.8. The minimum Gasteiger partial charge on any atom is -0.389 e. The first-order valence-corrected chi connectivity index (χ1v) is 6.56. The van der Waals surface area contributed by atoms with Crippen LogP contribution in [0.15, 0.2) is 24.3 Å². The summed E-state index contributed by atoms with van der Waals surface area (Å²) in [4.78, 5) is 23.2. The molecular weight excluding hydrogens is 261 g/mol. The number of ketones is 1. The van der Waals surface area contributed by atoms with Crippen LogP contribution in [-0.2, 0) is 4.79 Å². The molecule has 110 valence electrons. The van der Waals surface area contributed by atoms with Crippen LogP contribution in [0.3, 0.4) is 0 Å². The van der Waals surface area contributed by atoms with Gasteiger partial charge in [-0.3, -0.25) is 9.59 Å². The number of nitrogens with one attached hydrogen (secondary N) is 1. The summed E-state index contributed by atoms with van der Waals surface area (Å²) in [5.41, 5.74) is -0.497. The maximum absolute atomic E-state index is 12.7.